The van der Waals surface area contributed by atoms with Crippen LogP contribution in [0.3, 0.4) is 0 Å². The van der Waals surface area contributed by atoms with Gasteiger partial charge in [-0.05, 0) is 18.9 Å². The number of alkyl halides is 3. The molecule has 2 aliphatic heterocycles. The molecule has 14 heteroatoms. The maximum atomic E-state index is 13.0. The number of amides is 2. The van der Waals surface area contributed by atoms with Crippen LogP contribution in [0.2, 0.25) is 0 Å². The summed E-state index contributed by atoms with van der Waals surface area (Å²) in [6, 6.07) is -0.0959. The average Bonchev–Trinajstić information content (AvgIpc) is 3.48. The van der Waals surface area contributed by atoms with Crippen LogP contribution in [-0.2, 0) is 36.6 Å². The molecular formula is C19H19F3N4O6S. The summed E-state index contributed by atoms with van der Waals surface area (Å²) < 4.78 is 45.0. The van der Waals surface area contributed by atoms with Gasteiger partial charge in [0.2, 0.25) is 5.91 Å². The molecule has 2 N–H and O–H groups in total. The van der Waals surface area contributed by atoms with Gasteiger partial charge in [-0.2, -0.15) is 18.3 Å². The Morgan fingerprint density at radius 1 is 1.33 bits per heavy atom. The molecule has 10 nitrogen and oxygen atoms in total. The van der Waals surface area contributed by atoms with Gasteiger partial charge in [-0.1, -0.05) is 0 Å². The Morgan fingerprint density at radius 3 is 2.61 bits per heavy atom. The Kier molecular flexibility index (Phi) is 5.88. The summed E-state index contributed by atoms with van der Waals surface area (Å²) in [5, 5.41) is 14.8. The number of hydrogen-bond donors (Lipinski definition) is 2. The van der Waals surface area contributed by atoms with E-state index in [2.05, 4.69) is 10.4 Å². The number of nitrogens with one attached hydrogen (secondary N) is 1. The van der Waals surface area contributed by atoms with Gasteiger partial charge in [0.15, 0.2) is 5.69 Å². The molecule has 2 atom stereocenters. The minimum absolute atomic E-state index is 0.0879. The average molecular weight is 488 g/mol. The smallest absolute Gasteiger partial charge is 0.435 e. The van der Waals surface area contributed by atoms with E-state index in [4.69, 9.17) is 4.74 Å². The molecular weight excluding hydrogens is 469 g/mol. The van der Waals surface area contributed by atoms with Crippen molar-refractivity contribution in [2.24, 2.45) is 0 Å². The highest BCUT2D eigenvalue weighted by atomic mass is 32.2. The van der Waals surface area contributed by atoms with Crippen LogP contribution in [0.1, 0.15) is 37.1 Å². The quantitative estimate of drug-likeness (QED) is 0.431. The molecule has 3 heterocycles. The second kappa shape index (κ2) is 8.39. The summed E-state index contributed by atoms with van der Waals surface area (Å²) in [4.78, 5) is 48.9. The molecule has 1 aromatic heterocycles. The van der Waals surface area contributed by atoms with Gasteiger partial charge in [-0.3, -0.25) is 24.0 Å². The van der Waals surface area contributed by atoms with E-state index in [1.807, 2.05) is 0 Å². The number of aromatic nitrogens is 2. The van der Waals surface area contributed by atoms with E-state index in [9.17, 15) is 37.5 Å². The third-order valence-corrected chi connectivity index (χ3v) is 6.75. The van der Waals surface area contributed by atoms with E-state index in [1.165, 1.54) is 18.7 Å². The first-order valence-electron chi connectivity index (χ1n) is 9.95. The van der Waals surface area contributed by atoms with Gasteiger partial charge >= 0.3 is 18.1 Å². The predicted octanol–water partition coefficient (Wildman–Crippen LogP) is 1.08. The SMILES string of the molecule is CC(=O)OCC1=C(C(=O)O)N2C(=O)C(NC(=O)Cn3nc(C(F)(F)F)cc3C3CC3)C2SC1. The number of hydrogen-bond acceptors (Lipinski definition) is 7. The van der Waals surface area contributed by atoms with Gasteiger partial charge < -0.3 is 15.2 Å². The number of β-lactam (4-membered cyclic amide) rings is 1. The fraction of sp³-hybridized carbons (Fsp3) is 0.526. The van der Waals surface area contributed by atoms with Crippen LogP contribution in [-0.4, -0.2) is 67.3 Å². The lowest BCUT2D eigenvalue weighted by Gasteiger charge is -2.49. The molecule has 1 aliphatic carbocycles. The summed E-state index contributed by atoms with van der Waals surface area (Å²) in [6.45, 7) is 0.400. The third-order valence-electron chi connectivity index (χ3n) is 5.41. The zero-order valence-electron chi connectivity index (χ0n) is 17.2. The minimum atomic E-state index is -4.64. The number of carboxylic acids is 1. The fourth-order valence-corrected chi connectivity index (χ4v) is 5.07. The Hall–Kier alpha value is -3.03. The van der Waals surface area contributed by atoms with Crippen LogP contribution in [0, 0.1) is 0 Å². The van der Waals surface area contributed by atoms with Crippen molar-refractivity contribution in [3.63, 3.8) is 0 Å². The molecule has 2 fully saturated rings. The molecule has 33 heavy (non-hydrogen) atoms. The van der Waals surface area contributed by atoms with Crippen molar-refractivity contribution in [2.75, 3.05) is 12.4 Å². The summed E-state index contributed by atoms with van der Waals surface area (Å²) >= 11 is 1.19. The maximum Gasteiger partial charge on any atom is 0.435 e. The summed E-state index contributed by atoms with van der Waals surface area (Å²) in [5.74, 6) is -3.27. The highest BCUT2D eigenvalue weighted by Crippen LogP contribution is 2.42. The van der Waals surface area contributed by atoms with Crippen molar-refractivity contribution >= 4 is 35.5 Å². The number of aliphatic carboxylic acids is 1. The number of fused-ring (bicyclic) bond motifs is 1. The lowest BCUT2D eigenvalue weighted by molar-refractivity contribution is -0.151. The van der Waals surface area contributed by atoms with E-state index >= 15 is 0 Å². The largest absolute Gasteiger partial charge is 0.477 e. The molecule has 1 saturated heterocycles. The van der Waals surface area contributed by atoms with Crippen molar-refractivity contribution in [3.8, 4) is 0 Å². The van der Waals surface area contributed by atoms with Crippen molar-refractivity contribution in [2.45, 2.75) is 49.8 Å². The number of carbonyl (C=O) groups excluding carboxylic acids is 3. The van der Waals surface area contributed by atoms with Crippen LogP contribution in [0.25, 0.3) is 0 Å². The van der Waals surface area contributed by atoms with Crippen LogP contribution in [0.4, 0.5) is 13.2 Å². The number of nitrogens with zero attached hydrogens (tertiary/aromatic N) is 3. The molecule has 4 rings (SSSR count). The van der Waals surface area contributed by atoms with Crippen LogP contribution < -0.4 is 5.32 Å². The molecule has 1 saturated carbocycles. The fourth-order valence-electron chi connectivity index (χ4n) is 3.74. The zero-order valence-corrected chi connectivity index (χ0v) is 18.0. The van der Waals surface area contributed by atoms with Crippen LogP contribution in [0.15, 0.2) is 17.3 Å². The highest BCUT2D eigenvalue weighted by molar-refractivity contribution is 8.00. The predicted molar refractivity (Wildman–Crippen MR) is 106 cm³/mol. The maximum absolute atomic E-state index is 13.0. The number of carboxylic acid groups (broad SMARTS) is 1. The number of halogens is 3. The van der Waals surface area contributed by atoms with Gasteiger partial charge in [-0.25, -0.2) is 4.79 Å². The number of esters is 1. The van der Waals surface area contributed by atoms with Crippen molar-refractivity contribution < 1.29 is 42.2 Å². The molecule has 2 unspecified atom stereocenters. The molecule has 0 bridgehead atoms. The molecule has 1 aromatic rings. The van der Waals surface area contributed by atoms with Crippen molar-refractivity contribution in [1.29, 1.82) is 0 Å². The van der Waals surface area contributed by atoms with Gasteiger partial charge in [-0.15, -0.1) is 11.8 Å². The summed E-state index contributed by atoms with van der Waals surface area (Å²) in [5.41, 5.74) is -0.810. The highest BCUT2D eigenvalue weighted by Gasteiger charge is 2.54. The Balaban J connectivity index is 1.45. The van der Waals surface area contributed by atoms with Gasteiger partial charge in [0.1, 0.15) is 30.3 Å². The molecule has 0 aromatic carbocycles. The Labute approximate surface area is 189 Å². The topological polar surface area (TPSA) is 131 Å². The summed E-state index contributed by atoms with van der Waals surface area (Å²) in [6.07, 6.45) is -3.23. The number of carbonyl (C=O) groups is 4. The number of ether oxygens (including phenoxy) is 1. The second-order valence-electron chi connectivity index (χ2n) is 7.88. The molecule has 0 radical (unpaired) electrons. The van der Waals surface area contributed by atoms with Crippen molar-refractivity contribution in [3.05, 3.63) is 28.7 Å². The van der Waals surface area contributed by atoms with Crippen LogP contribution in [0.5, 0.6) is 0 Å². The van der Waals surface area contributed by atoms with Gasteiger partial charge in [0.25, 0.3) is 5.91 Å². The summed E-state index contributed by atoms with van der Waals surface area (Å²) in [7, 11) is 0. The van der Waals surface area contributed by atoms with Crippen LogP contribution >= 0.6 is 11.8 Å². The lowest BCUT2D eigenvalue weighted by Crippen LogP contribution is -2.70. The van der Waals surface area contributed by atoms with E-state index in [1.54, 1.807) is 0 Å². The van der Waals surface area contributed by atoms with Crippen molar-refractivity contribution in [1.82, 2.24) is 20.0 Å². The van der Waals surface area contributed by atoms with E-state index < -0.39 is 53.6 Å². The molecule has 0 spiro atoms. The first kappa shape index (κ1) is 23.1. The first-order chi connectivity index (χ1) is 15.5. The van der Waals surface area contributed by atoms with Gasteiger partial charge in [0, 0.05) is 29.9 Å². The molecule has 178 valence electrons. The Morgan fingerprint density at radius 2 is 2.03 bits per heavy atom. The Bertz CT molecular complexity index is 1060. The normalized spacial score (nSPS) is 22.5. The molecule has 3 aliphatic rings. The number of thioether (sulfide) groups is 1. The standard InChI is InChI=1S/C19H19F3N4O6S/c1-8(27)32-6-10-7-33-17-14(16(29)26(17)15(10)18(30)31)23-13(28)5-25-11(9-2-3-9)4-12(24-25)19(20,21)22/h4,9,14,17H,2-3,5-7H2,1H3,(H,23,28)(H,30,31). The monoisotopic (exact) mass is 488 g/mol. The first-order valence-corrected chi connectivity index (χ1v) is 11.0. The van der Waals surface area contributed by atoms with E-state index in [0.717, 1.165) is 15.6 Å². The van der Waals surface area contributed by atoms with Gasteiger partial charge in [0.05, 0.1) is 0 Å². The molecule has 2 amide bonds. The lowest BCUT2D eigenvalue weighted by atomic mass is 10.0. The number of rotatable bonds is 7. The second-order valence-corrected chi connectivity index (χ2v) is 8.98. The minimum Gasteiger partial charge on any atom is -0.477 e. The third kappa shape index (κ3) is 4.56. The van der Waals surface area contributed by atoms with E-state index in [-0.39, 0.29) is 29.5 Å². The van der Waals surface area contributed by atoms with E-state index in [0.29, 0.717) is 18.5 Å². The zero-order chi connectivity index (χ0) is 24.1.